The fraction of sp³-hybridized carbons (Fsp3) is 0.0833. The maximum Gasteiger partial charge on any atom is 0.266 e. The average Bonchev–Trinajstić information content (AvgIpc) is 2.78. The molecule has 8 heteroatoms. The predicted molar refractivity (Wildman–Crippen MR) is 128 cm³/mol. The Labute approximate surface area is 201 Å². The Balaban J connectivity index is 1.84. The molecule has 1 N–H and O–H groups in total. The van der Waals surface area contributed by atoms with Crippen molar-refractivity contribution in [1.29, 1.82) is 5.26 Å². The maximum atomic E-state index is 13.8. The molecule has 0 aliphatic heterocycles. The molecule has 0 unspecified atom stereocenters. The van der Waals surface area contributed by atoms with Crippen molar-refractivity contribution < 1.29 is 18.7 Å². The Morgan fingerprint density at radius 1 is 1.12 bits per heavy atom. The van der Waals surface area contributed by atoms with Gasteiger partial charge < -0.3 is 14.8 Å². The van der Waals surface area contributed by atoms with Crippen LogP contribution in [-0.4, -0.2) is 13.0 Å². The molecular weight excluding hydrogens is 543 g/mol. The van der Waals surface area contributed by atoms with Crippen molar-refractivity contribution in [1.82, 2.24) is 0 Å². The Morgan fingerprint density at radius 3 is 2.53 bits per heavy atom. The number of hydrogen-bond acceptors (Lipinski definition) is 4. The lowest BCUT2D eigenvalue weighted by Gasteiger charge is -2.14. The van der Waals surface area contributed by atoms with Gasteiger partial charge in [0.25, 0.3) is 5.91 Å². The molecule has 3 aromatic carbocycles. The van der Waals surface area contributed by atoms with Gasteiger partial charge in [-0.3, -0.25) is 4.79 Å². The van der Waals surface area contributed by atoms with Gasteiger partial charge in [0.1, 0.15) is 24.1 Å². The summed E-state index contributed by atoms with van der Waals surface area (Å²) in [5, 5.41) is 11.8. The summed E-state index contributed by atoms with van der Waals surface area (Å²) < 4.78 is 26.7. The minimum atomic E-state index is -0.720. The highest BCUT2D eigenvalue weighted by molar-refractivity contribution is 9.10. The van der Waals surface area contributed by atoms with Gasteiger partial charge in [-0.15, -0.1) is 0 Å². The molecule has 0 radical (unpaired) electrons. The van der Waals surface area contributed by atoms with Crippen molar-refractivity contribution in [3.63, 3.8) is 0 Å². The number of nitrogens with one attached hydrogen (secondary N) is 1. The molecule has 0 saturated carbocycles. The SMILES string of the molecule is COc1cc(/C=C(\C#N)C(=O)Nc2ccccc2F)cc(Br)c1OCc1ccccc1Br. The molecule has 0 aliphatic carbocycles. The molecule has 0 aromatic heterocycles. The van der Waals surface area contributed by atoms with Gasteiger partial charge in [-0.1, -0.05) is 46.3 Å². The molecule has 0 heterocycles. The fourth-order valence-corrected chi connectivity index (χ4v) is 3.77. The Hall–Kier alpha value is -3.15. The number of hydrogen-bond donors (Lipinski definition) is 1. The van der Waals surface area contributed by atoms with Gasteiger partial charge in [0.2, 0.25) is 0 Å². The highest BCUT2D eigenvalue weighted by Crippen LogP contribution is 2.38. The molecule has 3 aromatic rings. The van der Waals surface area contributed by atoms with Crippen LogP contribution in [0.25, 0.3) is 6.08 Å². The molecule has 0 bridgehead atoms. The molecule has 3 rings (SSSR count). The molecule has 1 amide bonds. The zero-order chi connectivity index (χ0) is 23.1. The van der Waals surface area contributed by atoms with Crippen LogP contribution in [0, 0.1) is 17.1 Å². The van der Waals surface area contributed by atoms with Crippen molar-refractivity contribution >= 4 is 49.5 Å². The minimum Gasteiger partial charge on any atom is -0.493 e. The molecule has 0 aliphatic rings. The lowest BCUT2D eigenvalue weighted by molar-refractivity contribution is -0.112. The number of anilines is 1. The van der Waals surface area contributed by atoms with Crippen molar-refractivity contribution in [2.24, 2.45) is 0 Å². The maximum absolute atomic E-state index is 13.8. The van der Waals surface area contributed by atoms with Crippen LogP contribution in [0.3, 0.4) is 0 Å². The van der Waals surface area contributed by atoms with E-state index >= 15 is 0 Å². The van der Waals surface area contributed by atoms with E-state index in [9.17, 15) is 14.4 Å². The lowest BCUT2D eigenvalue weighted by atomic mass is 10.1. The predicted octanol–water partition coefficient (Wildman–Crippen LogP) is 6.48. The van der Waals surface area contributed by atoms with Crippen molar-refractivity contribution in [3.8, 4) is 17.6 Å². The normalized spacial score (nSPS) is 10.9. The van der Waals surface area contributed by atoms with E-state index in [1.54, 1.807) is 18.2 Å². The summed E-state index contributed by atoms with van der Waals surface area (Å²) in [5.74, 6) is -0.407. The van der Waals surface area contributed by atoms with Gasteiger partial charge >= 0.3 is 0 Å². The fourth-order valence-electron chi connectivity index (χ4n) is 2.80. The summed E-state index contributed by atoms with van der Waals surface area (Å²) in [6.07, 6.45) is 1.39. The highest BCUT2D eigenvalue weighted by Gasteiger charge is 2.15. The number of methoxy groups -OCH3 is 1. The number of nitrogens with zero attached hydrogens (tertiary/aromatic N) is 1. The number of para-hydroxylation sites is 1. The molecule has 0 fully saturated rings. The van der Waals surface area contributed by atoms with Gasteiger partial charge in [0.05, 0.1) is 17.3 Å². The number of amides is 1. The quantitative estimate of drug-likeness (QED) is 0.265. The van der Waals surface area contributed by atoms with Crippen LogP contribution < -0.4 is 14.8 Å². The smallest absolute Gasteiger partial charge is 0.266 e. The Morgan fingerprint density at radius 2 is 1.84 bits per heavy atom. The second-order valence-corrected chi connectivity index (χ2v) is 8.23. The number of carbonyl (C=O) groups excluding carboxylic acids is 1. The van der Waals surface area contributed by atoms with Crippen LogP contribution >= 0.6 is 31.9 Å². The van der Waals surface area contributed by atoms with Crippen LogP contribution in [0.5, 0.6) is 11.5 Å². The van der Waals surface area contributed by atoms with Crippen LogP contribution in [-0.2, 0) is 11.4 Å². The number of carbonyl (C=O) groups is 1. The summed E-state index contributed by atoms with van der Waals surface area (Å²) in [6, 6.07) is 18.6. The summed E-state index contributed by atoms with van der Waals surface area (Å²) in [4.78, 5) is 12.5. The first-order chi connectivity index (χ1) is 15.4. The number of nitriles is 1. The van der Waals surface area contributed by atoms with E-state index in [2.05, 4.69) is 37.2 Å². The van der Waals surface area contributed by atoms with Crippen molar-refractivity contribution in [2.75, 3.05) is 12.4 Å². The molecular formula is C24H17Br2FN2O3. The van der Waals surface area contributed by atoms with E-state index in [4.69, 9.17) is 9.47 Å². The molecule has 0 saturated heterocycles. The minimum absolute atomic E-state index is 0.00627. The topological polar surface area (TPSA) is 71.3 Å². The molecule has 32 heavy (non-hydrogen) atoms. The second kappa shape index (κ2) is 10.9. The largest absolute Gasteiger partial charge is 0.493 e. The molecule has 5 nitrogen and oxygen atoms in total. The summed E-state index contributed by atoms with van der Waals surface area (Å²) in [5.41, 5.74) is 1.29. The zero-order valence-electron chi connectivity index (χ0n) is 16.9. The third-order valence-corrected chi connectivity index (χ3v) is 5.74. The number of ether oxygens (including phenoxy) is 2. The molecule has 0 atom stereocenters. The first kappa shape index (κ1) is 23.5. The monoisotopic (exact) mass is 558 g/mol. The molecule has 162 valence electrons. The van der Waals surface area contributed by atoms with E-state index in [1.807, 2.05) is 30.3 Å². The number of rotatable bonds is 7. The van der Waals surface area contributed by atoms with Gasteiger partial charge in [-0.2, -0.15) is 5.26 Å². The molecule has 0 spiro atoms. The van der Waals surface area contributed by atoms with E-state index < -0.39 is 11.7 Å². The van der Waals surface area contributed by atoms with Gasteiger partial charge in [-0.05, 0) is 57.9 Å². The van der Waals surface area contributed by atoms with E-state index in [0.29, 0.717) is 28.1 Å². The van der Waals surface area contributed by atoms with Gasteiger partial charge in [-0.25, -0.2) is 4.39 Å². The second-order valence-electron chi connectivity index (χ2n) is 6.52. The third kappa shape index (κ3) is 5.75. The van der Waals surface area contributed by atoms with Crippen LogP contribution in [0.1, 0.15) is 11.1 Å². The number of benzene rings is 3. The van der Waals surface area contributed by atoms with E-state index in [0.717, 1.165) is 10.0 Å². The summed E-state index contributed by atoms with van der Waals surface area (Å²) in [7, 11) is 1.50. The first-order valence-electron chi connectivity index (χ1n) is 9.34. The standard InChI is InChI=1S/C24H17Br2FN2O3/c1-31-22-12-15(10-17(13-28)24(30)29-21-9-5-4-8-20(21)27)11-19(26)23(22)32-14-16-6-2-3-7-18(16)25/h2-12H,14H2,1H3,(H,29,30)/b17-10+. The Kier molecular flexibility index (Phi) is 8.03. The van der Waals surface area contributed by atoms with E-state index in [1.165, 1.54) is 31.4 Å². The van der Waals surface area contributed by atoms with Crippen molar-refractivity contribution in [2.45, 2.75) is 6.61 Å². The third-order valence-electron chi connectivity index (χ3n) is 4.38. The van der Waals surface area contributed by atoms with Crippen LogP contribution in [0.15, 0.2) is 75.2 Å². The average molecular weight is 560 g/mol. The number of halogens is 3. The summed E-state index contributed by atoms with van der Waals surface area (Å²) >= 11 is 6.95. The van der Waals surface area contributed by atoms with Crippen LogP contribution in [0.2, 0.25) is 0 Å². The van der Waals surface area contributed by atoms with Crippen molar-refractivity contribution in [3.05, 3.63) is 92.1 Å². The van der Waals surface area contributed by atoms with Crippen LogP contribution in [0.4, 0.5) is 10.1 Å². The zero-order valence-corrected chi connectivity index (χ0v) is 20.0. The highest BCUT2D eigenvalue weighted by atomic mass is 79.9. The summed E-state index contributed by atoms with van der Waals surface area (Å²) in [6.45, 7) is 0.306. The Bertz CT molecular complexity index is 1220. The first-order valence-corrected chi connectivity index (χ1v) is 10.9. The van der Waals surface area contributed by atoms with Gasteiger partial charge in [0, 0.05) is 10.0 Å². The lowest BCUT2D eigenvalue weighted by Crippen LogP contribution is -2.14. The van der Waals surface area contributed by atoms with Gasteiger partial charge in [0.15, 0.2) is 11.5 Å². The van der Waals surface area contributed by atoms with E-state index in [-0.39, 0.29) is 11.3 Å².